The van der Waals surface area contributed by atoms with Gasteiger partial charge < -0.3 is 20.1 Å². The number of rotatable bonds is 8. The number of amides is 1. The van der Waals surface area contributed by atoms with Gasteiger partial charge in [0.05, 0.1) is 17.8 Å². The van der Waals surface area contributed by atoms with Crippen LogP contribution in [0, 0.1) is 13.8 Å². The molecule has 0 bridgehead atoms. The number of fused-ring (bicyclic) bond motifs is 1. The molecule has 2 aromatic heterocycles. The van der Waals surface area contributed by atoms with Gasteiger partial charge in [-0.05, 0) is 85.4 Å². The van der Waals surface area contributed by atoms with Crippen molar-refractivity contribution in [2.24, 2.45) is 0 Å². The number of anilines is 1. The molecule has 1 amide bonds. The zero-order valence-electron chi connectivity index (χ0n) is 24.2. The minimum absolute atomic E-state index is 0.0457. The number of aromatic nitrogens is 2. The molecule has 6 nitrogen and oxygen atoms in total. The molecule has 0 aliphatic carbocycles. The maximum absolute atomic E-state index is 13.3. The van der Waals surface area contributed by atoms with Gasteiger partial charge in [-0.2, -0.15) is 0 Å². The fourth-order valence-corrected chi connectivity index (χ4v) is 6.45. The highest BCUT2D eigenvalue weighted by molar-refractivity contribution is 7.80. The number of carbonyl (C=O) groups is 1. The molecule has 0 unspecified atom stereocenters. The number of carbonyl (C=O) groups excluding carboxylic acids is 1. The quantitative estimate of drug-likeness (QED) is 0.192. The average Bonchev–Trinajstić information content (AvgIpc) is 3.50. The number of nitrogens with zero attached hydrogens (tertiary/aromatic N) is 3. The third kappa shape index (κ3) is 5.28. The van der Waals surface area contributed by atoms with Gasteiger partial charge >= 0.3 is 0 Å². The van der Waals surface area contributed by atoms with Gasteiger partial charge in [-0.25, -0.2) is 0 Å². The molecule has 0 radical (unpaired) electrons. The maximum atomic E-state index is 13.3. The molecule has 1 aliphatic heterocycles. The zero-order valence-corrected chi connectivity index (χ0v) is 25.0. The Labute approximate surface area is 252 Å². The van der Waals surface area contributed by atoms with Crippen LogP contribution in [0.4, 0.5) is 5.69 Å². The van der Waals surface area contributed by atoms with Crippen LogP contribution in [-0.4, -0.2) is 32.0 Å². The van der Waals surface area contributed by atoms with Crippen LogP contribution in [0.2, 0.25) is 0 Å². The second-order valence-electron chi connectivity index (χ2n) is 10.8. The summed E-state index contributed by atoms with van der Waals surface area (Å²) < 4.78 is 2.30. The molecule has 2 atom stereocenters. The summed E-state index contributed by atoms with van der Waals surface area (Å²) in [5, 5.41) is 9.41. The molecule has 1 fully saturated rings. The predicted octanol–water partition coefficient (Wildman–Crippen LogP) is 7.21. The average molecular weight is 574 g/mol. The van der Waals surface area contributed by atoms with Crippen LogP contribution in [0.3, 0.4) is 0 Å². The van der Waals surface area contributed by atoms with Crippen LogP contribution >= 0.6 is 12.2 Å². The van der Waals surface area contributed by atoms with E-state index in [0.717, 1.165) is 45.6 Å². The van der Waals surface area contributed by atoms with Crippen LogP contribution in [0.1, 0.15) is 53.6 Å². The van der Waals surface area contributed by atoms with Crippen molar-refractivity contribution >= 4 is 39.7 Å². The summed E-state index contributed by atoms with van der Waals surface area (Å²) in [6.45, 7) is 6.95. The van der Waals surface area contributed by atoms with E-state index in [9.17, 15) is 4.79 Å². The highest BCUT2D eigenvalue weighted by Crippen LogP contribution is 2.41. The molecular formula is C35H35N5OS. The molecule has 6 rings (SSSR count). The number of hydrogen-bond donors (Lipinski definition) is 2. The van der Waals surface area contributed by atoms with Crippen molar-refractivity contribution < 1.29 is 4.79 Å². The Balaban J connectivity index is 1.30. The third-order valence-electron chi connectivity index (χ3n) is 8.23. The minimum Gasteiger partial charge on any atom is -0.352 e. The maximum Gasteiger partial charge on any atom is 0.226 e. The number of aryl methyl sites for hydroxylation is 2. The molecule has 7 heteroatoms. The first-order valence-electron chi connectivity index (χ1n) is 14.5. The SMILES string of the molecule is CCc1ccc(-n2c(C)cc([C@H]3[C@@H](c4ccccn4)NC(=S)N3CCC(=O)Nc3cccc4ccccc34)c2C)cc1. The lowest BCUT2D eigenvalue weighted by Gasteiger charge is -2.28. The van der Waals surface area contributed by atoms with E-state index in [4.69, 9.17) is 12.2 Å². The van der Waals surface area contributed by atoms with Crippen molar-refractivity contribution in [3.8, 4) is 5.69 Å². The number of thiocarbonyl (C=S) groups is 1. The summed E-state index contributed by atoms with van der Waals surface area (Å²) in [7, 11) is 0. The van der Waals surface area contributed by atoms with Crippen molar-refractivity contribution in [1.82, 2.24) is 19.8 Å². The van der Waals surface area contributed by atoms with Gasteiger partial charge in [0, 0.05) is 47.3 Å². The molecule has 3 aromatic carbocycles. The van der Waals surface area contributed by atoms with Crippen molar-refractivity contribution in [2.45, 2.75) is 45.7 Å². The molecule has 212 valence electrons. The van der Waals surface area contributed by atoms with E-state index in [-0.39, 0.29) is 18.0 Å². The Kier molecular flexibility index (Phi) is 7.76. The summed E-state index contributed by atoms with van der Waals surface area (Å²) >= 11 is 5.89. The first-order valence-corrected chi connectivity index (χ1v) is 14.9. The molecule has 0 spiro atoms. The van der Waals surface area contributed by atoms with E-state index >= 15 is 0 Å². The third-order valence-corrected chi connectivity index (χ3v) is 8.59. The van der Waals surface area contributed by atoms with Crippen molar-refractivity contribution in [2.75, 3.05) is 11.9 Å². The first kappa shape index (κ1) is 27.7. The summed E-state index contributed by atoms with van der Waals surface area (Å²) in [5.41, 5.74) is 7.67. The molecule has 1 saturated heterocycles. The van der Waals surface area contributed by atoms with Crippen LogP contribution < -0.4 is 10.6 Å². The lowest BCUT2D eigenvalue weighted by Crippen LogP contribution is -2.33. The van der Waals surface area contributed by atoms with E-state index in [2.05, 4.69) is 88.3 Å². The fraction of sp³-hybridized carbons (Fsp3) is 0.229. The molecule has 1 aliphatic rings. The lowest BCUT2D eigenvalue weighted by atomic mass is 9.96. The standard InChI is InChI=1S/C35H35N5OS/c1-4-25-15-17-27(18-16-25)40-23(2)22-29(24(40)3)34-33(31-13-7-8-20-36-31)38-35(42)39(34)21-19-32(41)37-30-14-9-11-26-10-5-6-12-28(26)30/h5-18,20,22,33-34H,4,19,21H2,1-3H3,(H,37,41)(H,38,42)/t33-,34+/m1/s1. The zero-order chi connectivity index (χ0) is 29.2. The molecule has 5 aromatic rings. The van der Waals surface area contributed by atoms with Crippen LogP contribution in [0.5, 0.6) is 0 Å². The fourth-order valence-electron chi connectivity index (χ4n) is 6.12. The minimum atomic E-state index is -0.142. The second kappa shape index (κ2) is 11.8. The monoisotopic (exact) mass is 573 g/mol. The Morgan fingerprint density at radius 3 is 2.50 bits per heavy atom. The normalized spacial score (nSPS) is 16.5. The Hall–Kier alpha value is -4.49. The molecular weight excluding hydrogens is 538 g/mol. The van der Waals surface area contributed by atoms with Gasteiger partial charge in [0.1, 0.15) is 0 Å². The van der Waals surface area contributed by atoms with E-state index in [1.54, 1.807) is 0 Å². The first-order chi connectivity index (χ1) is 20.4. The molecule has 3 heterocycles. The highest BCUT2D eigenvalue weighted by Gasteiger charge is 2.41. The van der Waals surface area contributed by atoms with E-state index in [1.807, 2.05) is 54.7 Å². The second-order valence-corrected chi connectivity index (χ2v) is 11.2. The van der Waals surface area contributed by atoms with Gasteiger partial charge in [0.25, 0.3) is 0 Å². The van der Waals surface area contributed by atoms with E-state index in [1.165, 1.54) is 11.1 Å². The molecule has 42 heavy (non-hydrogen) atoms. The Morgan fingerprint density at radius 2 is 1.74 bits per heavy atom. The summed E-state index contributed by atoms with van der Waals surface area (Å²) in [6, 6.07) is 30.8. The Morgan fingerprint density at radius 1 is 0.976 bits per heavy atom. The topological polar surface area (TPSA) is 62.2 Å². The smallest absolute Gasteiger partial charge is 0.226 e. The van der Waals surface area contributed by atoms with Gasteiger partial charge in [-0.1, -0.05) is 61.5 Å². The predicted molar refractivity (Wildman–Crippen MR) is 174 cm³/mol. The van der Waals surface area contributed by atoms with Crippen molar-refractivity contribution in [3.63, 3.8) is 0 Å². The number of hydrogen-bond acceptors (Lipinski definition) is 3. The number of pyridine rings is 1. The van der Waals surface area contributed by atoms with Crippen molar-refractivity contribution in [1.29, 1.82) is 0 Å². The summed E-state index contributed by atoms with van der Waals surface area (Å²) in [6.07, 6.45) is 3.12. The number of nitrogens with one attached hydrogen (secondary N) is 2. The van der Waals surface area contributed by atoms with Gasteiger partial charge in [0.2, 0.25) is 5.91 Å². The van der Waals surface area contributed by atoms with E-state index in [0.29, 0.717) is 18.1 Å². The van der Waals surface area contributed by atoms with Gasteiger partial charge in [-0.15, -0.1) is 0 Å². The largest absolute Gasteiger partial charge is 0.352 e. The van der Waals surface area contributed by atoms with Crippen LogP contribution in [0.25, 0.3) is 16.5 Å². The van der Waals surface area contributed by atoms with Crippen molar-refractivity contribution in [3.05, 3.63) is 125 Å². The summed E-state index contributed by atoms with van der Waals surface area (Å²) in [5.74, 6) is -0.0457. The number of benzene rings is 3. The van der Waals surface area contributed by atoms with Crippen LogP contribution in [-0.2, 0) is 11.2 Å². The summed E-state index contributed by atoms with van der Waals surface area (Å²) in [4.78, 5) is 20.1. The molecule has 2 N–H and O–H groups in total. The van der Waals surface area contributed by atoms with E-state index < -0.39 is 0 Å². The highest BCUT2D eigenvalue weighted by atomic mass is 32.1. The van der Waals surface area contributed by atoms with Crippen LogP contribution in [0.15, 0.2) is 97.2 Å². The Bertz CT molecular complexity index is 1740. The van der Waals surface area contributed by atoms with Gasteiger partial charge in [0.15, 0.2) is 5.11 Å². The lowest BCUT2D eigenvalue weighted by molar-refractivity contribution is -0.116. The van der Waals surface area contributed by atoms with Gasteiger partial charge in [-0.3, -0.25) is 9.78 Å². The molecule has 0 saturated carbocycles.